The van der Waals surface area contributed by atoms with Crippen molar-refractivity contribution in [3.8, 4) is 0 Å². The number of hydrogen-bond donors (Lipinski definition) is 1. The molecule has 0 aromatic rings. The van der Waals surface area contributed by atoms with Gasteiger partial charge >= 0.3 is 5.97 Å². The molecule has 0 fully saturated rings. The van der Waals surface area contributed by atoms with Crippen LogP contribution in [0, 0.1) is 5.92 Å². The second-order valence-corrected chi connectivity index (χ2v) is 4.21. The minimum absolute atomic E-state index is 0.0886. The zero-order valence-corrected chi connectivity index (χ0v) is 10.5. The second-order valence-electron chi connectivity index (χ2n) is 4.21. The van der Waals surface area contributed by atoms with E-state index in [9.17, 15) is 4.79 Å². The molecule has 90 valence electrons. The van der Waals surface area contributed by atoms with Gasteiger partial charge in [0.25, 0.3) is 0 Å². The van der Waals surface area contributed by atoms with E-state index in [0.717, 1.165) is 19.5 Å². The predicted octanol–water partition coefficient (Wildman–Crippen LogP) is 0.725. The van der Waals surface area contributed by atoms with Gasteiger partial charge in [-0.15, -0.1) is 0 Å². The number of ether oxygens (including phenoxy) is 1. The van der Waals surface area contributed by atoms with Crippen LogP contribution in [0.2, 0.25) is 0 Å². The van der Waals surface area contributed by atoms with E-state index in [4.69, 9.17) is 4.74 Å². The summed E-state index contributed by atoms with van der Waals surface area (Å²) in [6.45, 7) is 5.89. The summed E-state index contributed by atoms with van der Waals surface area (Å²) in [5.74, 6) is -0.239. The lowest BCUT2D eigenvalue weighted by molar-refractivity contribution is -0.145. The first-order valence-electron chi connectivity index (χ1n) is 5.45. The van der Waals surface area contributed by atoms with Crippen LogP contribution in [0.4, 0.5) is 0 Å². The third-order valence-corrected chi connectivity index (χ3v) is 2.57. The van der Waals surface area contributed by atoms with Gasteiger partial charge in [0.1, 0.15) is 0 Å². The summed E-state index contributed by atoms with van der Waals surface area (Å²) in [4.78, 5) is 13.4. The normalized spacial score (nSPS) is 15.1. The number of nitrogens with zero attached hydrogens (tertiary/aromatic N) is 1. The monoisotopic (exact) mass is 216 g/mol. The van der Waals surface area contributed by atoms with Crippen molar-refractivity contribution in [2.45, 2.75) is 26.3 Å². The molecule has 0 radical (unpaired) electrons. The lowest BCUT2D eigenvalue weighted by Gasteiger charge is -2.19. The topological polar surface area (TPSA) is 41.6 Å². The summed E-state index contributed by atoms with van der Waals surface area (Å²) in [5, 5.41) is 3.33. The fourth-order valence-corrected chi connectivity index (χ4v) is 1.29. The zero-order chi connectivity index (χ0) is 11.8. The van der Waals surface area contributed by atoms with Crippen molar-refractivity contribution in [3.63, 3.8) is 0 Å². The highest BCUT2D eigenvalue weighted by molar-refractivity contribution is 5.72. The Morgan fingerprint density at radius 1 is 1.40 bits per heavy atom. The maximum absolute atomic E-state index is 11.2. The second kappa shape index (κ2) is 7.65. The van der Waals surface area contributed by atoms with E-state index >= 15 is 0 Å². The number of methoxy groups -OCH3 is 1. The van der Waals surface area contributed by atoms with E-state index in [1.54, 1.807) is 0 Å². The molecule has 0 saturated heterocycles. The van der Waals surface area contributed by atoms with E-state index in [0.29, 0.717) is 0 Å². The fraction of sp³-hybridized carbons (Fsp3) is 0.909. The summed E-state index contributed by atoms with van der Waals surface area (Å²) < 4.78 is 4.69. The maximum atomic E-state index is 11.2. The number of esters is 1. The molecule has 4 nitrogen and oxygen atoms in total. The molecule has 0 rings (SSSR count). The maximum Gasteiger partial charge on any atom is 0.309 e. The van der Waals surface area contributed by atoms with Crippen molar-refractivity contribution in [1.82, 2.24) is 10.2 Å². The predicted molar refractivity (Wildman–Crippen MR) is 61.8 cm³/mol. The molecular weight excluding hydrogens is 192 g/mol. The Morgan fingerprint density at radius 3 is 2.47 bits per heavy atom. The lowest BCUT2D eigenvalue weighted by atomic mass is 10.0. The smallest absolute Gasteiger partial charge is 0.309 e. The van der Waals surface area contributed by atoms with Gasteiger partial charge in [0.05, 0.1) is 13.0 Å². The van der Waals surface area contributed by atoms with Crippen LogP contribution in [0.15, 0.2) is 0 Å². The molecule has 0 aromatic heterocycles. The Hall–Kier alpha value is -0.610. The molecule has 0 amide bonds. The molecule has 0 aliphatic heterocycles. The highest BCUT2D eigenvalue weighted by atomic mass is 16.5. The van der Waals surface area contributed by atoms with E-state index in [1.807, 2.05) is 13.8 Å². The number of rotatable bonds is 7. The Labute approximate surface area is 93.0 Å². The first-order chi connectivity index (χ1) is 6.99. The van der Waals surface area contributed by atoms with Crippen molar-refractivity contribution in [2.24, 2.45) is 5.92 Å². The van der Waals surface area contributed by atoms with Gasteiger partial charge in [-0.05, 0) is 40.5 Å². The van der Waals surface area contributed by atoms with E-state index in [1.165, 1.54) is 7.11 Å². The third kappa shape index (κ3) is 6.47. The standard InChI is InChI=1S/C11H24N2O2/c1-9(11(14)15-5)10(2)12-7-6-8-13(3)4/h9-10,12H,6-8H2,1-5H3. The summed E-state index contributed by atoms with van der Waals surface area (Å²) in [6, 6.07) is 0.166. The summed E-state index contributed by atoms with van der Waals surface area (Å²) in [6.07, 6.45) is 1.09. The fourth-order valence-electron chi connectivity index (χ4n) is 1.29. The lowest BCUT2D eigenvalue weighted by Crippen LogP contribution is -2.37. The molecule has 0 heterocycles. The Bertz CT molecular complexity index is 183. The number of carbonyl (C=O) groups is 1. The molecule has 0 spiro atoms. The van der Waals surface area contributed by atoms with Crippen molar-refractivity contribution in [2.75, 3.05) is 34.3 Å². The summed E-state index contributed by atoms with van der Waals surface area (Å²) >= 11 is 0. The van der Waals surface area contributed by atoms with Crippen LogP contribution in [0.1, 0.15) is 20.3 Å². The van der Waals surface area contributed by atoms with E-state index < -0.39 is 0 Å². The minimum atomic E-state index is -0.150. The number of nitrogens with one attached hydrogen (secondary N) is 1. The highest BCUT2D eigenvalue weighted by Gasteiger charge is 2.19. The molecular formula is C11H24N2O2. The van der Waals surface area contributed by atoms with E-state index in [2.05, 4.69) is 24.3 Å². The SMILES string of the molecule is COC(=O)C(C)C(C)NCCCN(C)C. The van der Waals surface area contributed by atoms with E-state index in [-0.39, 0.29) is 17.9 Å². The largest absolute Gasteiger partial charge is 0.469 e. The Kier molecular flexibility index (Phi) is 7.34. The van der Waals surface area contributed by atoms with Gasteiger partial charge < -0.3 is 15.0 Å². The zero-order valence-electron chi connectivity index (χ0n) is 10.5. The minimum Gasteiger partial charge on any atom is -0.469 e. The highest BCUT2D eigenvalue weighted by Crippen LogP contribution is 2.04. The van der Waals surface area contributed by atoms with Crippen molar-refractivity contribution in [3.05, 3.63) is 0 Å². The van der Waals surface area contributed by atoms with Crippen molar-refractivity contribution < 1.29 is 9.53 Å². The summed E-state index contributed by atoms with van der Waals surface area (Å²) in [5.41, 5.74) is 0. The Morgan fingerprint density at radius 2 is 2.00 bits per heavy atom. The number of carbonyl (C=O) groups excluding carboxylic acids is 1. The molecule has 0 aliphatic rings. The van der Waals surface area contributed by atoms with Gasteiger partial charge in [-0.3, -0.25) is 4.79 Å². The van der Waals surface area contributed by atoms with Crippen LogP contribution >= 0.6 is 0 Å². The Balaban J connectivity index is 3.64. The molecule has 0 saturated carbocycles. The van der Waals surface area contributed by atoms with Crippen molar-refractivity contribution in [1.29, 1.82) is 0 Å². The molecule has 0 aromatic carbocycles. The van der Waals surface area contributed by atoms with Gasteiger partial charge in [0, 0.05) is 6.04 Å². The van der Waals surface area contributed by atoms with Crippen LogP contribution in [-0.4, -0.2) is 51.2 Å². The molecule has 2 atom stereocenters. The molecule has 15 heavy (non-hydrogen) atoms. The van der Waals surface area contributed by atoms with Gasteiger partial charge in [-0.2, -0.15) is 0 Å². The summed E-state index contributed by atoms with van der Waals surface area (Å²) in [7, 11) is 5.54. The van der Waals surface area contributed by atoms with Gasteiger partial charge in [0.15, 0.2) is 0 Å². The van der Waals surface area contributed by atoms with Crippen LogP contribution < -0.4 is 5.32 Å². The van der Waals surface area contributed by atoms with Crippen molar-refractivity contribution >= 4 is 5.97 Å². The van der Waals surface area contributed by atoms with Crippen LogP contribution in [0.3, 0.4) is 0 Å². The third-order valence-electron chi connectivity index (χ3n) is 2.57. The van der Waals surface area contributed by atoms with Crippen LogP contribution in [-0.2, 0) is 9.53 Å². The average molecular weight is 216 g/mol. The molecule has 0 aliphatic carbocycles. The quantitative estimate of drug-likeness (QED) is 0.503. The van der Waals surface area contributed by atoms with Gasteiger partial charge in [-0.1, -0.05) is 6.92 Å². The van der Waals surface area contributed by atoms with Crippen LogP contribution in [0.5, 0.6) is 0 Å². The molecule has 2 unspecified atom stereocenters. The molecule has 0 bridgehead atoms. The first kappa shape index (κ1) is 14.4. The molecule has 1 N–H and O–H groups in total. The van der Waals surface area contributed by atoms with Crippen LogP contribution in [0.25, 0.3) is 0 Å². The number of hydrogen-bond acceptors (Lipinski definition) is 4. The molecule has 4 heteroatoms. The first-order valence-corrected chi connectivity index (χ1v) is 5.45. The average Bonchev–Trinajstić information content (AvgIpc) is 2.21. The van der Waals surface area contributed by atoms with Gasteiger partial charge in [-0.25, -0.2) is 0 Å². The van der Waals surface area contributed by atoms with Gasteiger partial charge in [0.2, 0.25) is 0 Å².